The van der Waals surface area contributed by atoms with Crippen molar-refractivity contribution in [3.8, 4) is 5.88 Å². The zero-order valence-electron chi connectivity index (χ0n) is 15.6. The van der Waals surface area contributed by atoms with Crippen LogP contribution in [-0.4, -0.2) is 41.2 Å². The molecule has 1 aromatic carbocycles. The van der Waals surface area contributed by atoms with E-state index in [1.54, 1.807) is 0 Å². The molecule has 5 heterocycles. The van der Waals surface area contributed by atoms with Crippen LogP contribution in [0, 0.1) is 5.92 Å². The van der Waals surface area contributed by atoms with Gasteiger partial charge in [0.1, 0.15) is 0 Å². The minimum Gasteiger partial charge on any atom is -0.478 e. The molecule has 0 spiro atoms. The summed E-state index contributed by atoms with van der Waals surface area (Å²) < 4.78 is 12.2. The molecule has 26 heavy (non-hydrogen) atoms. The summed E-state index contributed by atoms with van der Waals surface area (Å²) in [6, 6.07) is 11.9. The van der Waals surface area contributed by atoms with Gasteiger partial charge < -0.3 is 9.47 Å². The van der Waals surface area contributed by atoms with Gasteiger partial charge in [-0.25, -0.2) is 4.98 Å². The summed E-state index contributed by atoms with van der Waals surface area (Å²) in [6.45, 7) is 4.82. The van der Waals surface area contributed by atoms with Crippen LogP contribution in [0.2, 0.25) is 0 Å². The van der Waals surface area contributed by atoms with E-state index in [0.717, 1.165) is 35.8 Å². The Balaban J connectivity index is 1.32. The summed E-state index contributed by atoms with van der Waals surface area (Å²) in [6.07, 6.45) is 6.61. The van der Waals surface area contributed by atoms with Gasteiger partial charge in [0.2, 0.25) is 5.88 Å². The van der Waals surface area contributed by atoms with Crippen LogP contribution < -0.4 is 4.74 Å². The monoisotopic (exact) mass is 352 g/mol. The Labute approximate surface area is 155 Å². The number of benzene rings is 1. The first-order chi connectivity index (χ1) is 12.8. The second-order valence-corrected chi connectivity index (χ2v) is 8.15. The first-order valence-electron chi connectivity index (χ1n) is 10.2. The van der Waals surface area contributed by atoms with E-state index in [-0.39, 0.29) is 0 Å². The highest BCUT2D eigenvalue weighted by molar-refractivity contribution is 5.82. The Hall–Kier alpha value is -1.65. The molecule has 0 saturated carbocycles. The minimum atomic E-state index is 0.399. The molecule has 2 aromatic rings. The van der Waals surface area contributed by atoms with Gasteiger partial charge in [-0.2, -0.15) is 0 Å². The van der Waals surface area contributed by atoms with Crippen LogP contribution in [-0.2, 0) is 11.3 Å². The van der Waals surface area contributed by atoms with Crippen LogP contribution >= 0.6 is 0 Å². The van der Waals surface area contributed by atoms with E-state index in [2.05, 4.69) is 41.1 Å². The second-order valence-electron chi connectivity index (χ2n) is 8.15. The van der Waals surface area contributed by atoms with Crippen molar-refractivity contribution in [3.05, 3.63) is 35.9 Å². The van der Waals surface area contributed by atoms with Crippen molar-refractivity contribution in [2.75, 3.05) is 13.2 Å². The lowest BCUT2D eigenvalue weighted by Gasteiger charge is -2.61. The highest BCUT2D eigenvalue weighted by Gasteiger charge is 2.50. The highest BCUT2D eigenvalue weighted by Crippen LogP contribution is 2.46. The zero-order chi connectivity index (χ0) is 17.5. The number of hydrogen-bond acceptors (Lipinski definition) is 4. The molecule has 6 rings (SSSR count). The minimum absolute atomic E-state index is 0.399. The Morgan fingerprint density at radius 2 is 2.12 bits per heavy atom. The standard InChI is InChI=1S/C22H28N2O2/c1-2-9-25-22-10-16(19-5-3-4-6-20(19)23-22)14-26-18-11-17-8-7-15-13-24(17)21(15)12-18/h3-6,10,15,17-18,21H,2,7-9,11-14H2,1H3. The predicted molar refractivity (Wildman–Crippen MR) is 102 cm³/mol. The van der Waals surface area contributed by atoms with Crippen molar-refractivity contribution in [1.29, 1.82) is 0 Å². The third-order valence-corrected chi connectivity index (χ3v) is 6.50. The van der Waals surface area contributed by atoms with Gasteiger partial charge in [0, 0.05) is 30.1 Å². The van der Waals surface area contributed by atoms with Crippen molar-refractivity contribution >= 4 is 10.9 Å². The third-order valence-electron chi connectivity index (χ3n) is 6.50. The maximum Gasteiger partial charge on any atom is 0.214 e. The average molecular weight is 352 g/mol. The summed E-state index contributed by atoms with van der Waals surface area (Å²) >= 11 is 0. The summed E-state index contributed by atoms with van der Waals surface area (Å²) in [7, 11) is 0. The number of fused-ring (bicyclic) bond motifs is 2. The second kappa shape index (κ2) is 6.82. The van der Waals surface area contributed by atoms with E-state index < -0.39 is 0 Å². The van der Waals surface area contributed by atoms with Crippen LogP contribution in [0.4, 0.5) is 0 Å². The average Bonchev–Trinajstić information content (AvgIpc) is 2.67. The smallest absolute Gasteiger partial charge is 0.214 e. The summed E-state index contributed by atoms with van der Waals surface area (Å²) in [5.74, 6) is 1.66. The van der Waals surface area contributed by atoms with Crippen LogP contribution in [0.15, 0.2) is 30.3 Å². The van der Waals surface area contributed by atoms with E-state index in [1.165, 1.54) is 43.2 Å². The van der Waals surface area contributed by atoms with Crippen LogP contribution in [0.5, 0.6) is 5.88 Å². The van der Waals surface area contributed by atoms with Gasteiger partial charge in [0.25, 0.3) is 0 Å². The van der Waals surface area contributed by atoms with E-state index in [9.17, 15) is 0 Å². The molecule has 138 valence electrons. The van der Waals surface area contributed by atoms with Crippen LogP contribution in [0.25, 0.3) is 10.9 Å². The van der Waals surface area contributed by atoms with Crippen molar-refractivity contribution < 1.29 is 9.47 Å². The first-order valence-corrected chi connectivity index (χ1v) is 10.2. The normalized spacial score (nSPS) is 32.3. The van der Waals surface area contributed by atoms with Gasteiger partial charge in [-0.3, -0.25) is 4.90 Å². The maximum atomic E-state index is 6.43. The van der Waals surface area contributed by atoms with Gasteiger partial charge in [-0.15, -0.1) is 0 Å². The molecule has 5 atom stereocenters. The molecular formula is C22H28N2O2. The molecule has 0 radical (unpaired) electrons. The number of pyridine rings is 1. The number of aromatic nitrogens is 1. The molecule has 4 fully saturated rings. The van der Waals surface area contributed by atoms with Gasteiger partial charge in [0.05, 0.1) is 24.8 Å². The number of rotatable bonds is 6. The fraction of sp³-hybridized carbons (Fsp3) is 0.591. The number of para-hydroxylation sites is 1. The van der Waals surface area contributed by atoms with Gasteiger partial charge in [-0.1, -0.05) is 25.1 Å². The molecular weight excluding hydrogens is 324 g/mol. The van der Waals surface area contributed by atoms with Crippen LogP contribution in [0.1, 0.15) is 44.6 Å². The Bertz CT molecular complexity index is 783. The van der Waals surface area contributed by atoms with Gasteiger partial charge in [-0.05, 0) is 49.7 Å². The summed E-state index contributed by atoms with van der Waals surface area (Å²) in [5, 5.41) is 1.18. The molecule has 0 aliphatic carbocycles. The molecule has 4 nitrogen and oxygen atoms in total. The molecule has 0 amide bonds. The molecule has 4 bridgehead atoms. The molecule has 4 saturated heterocycles. The first kappa shape index (κ1) is 16.5. The number of nitrogens with zero attached hydrogens (tertiary/aromatic N) is 2. The third kappa shape index (κ3) is 2.89. The van der Waals surface area contributed by atoms with E-state index >= 15 is 0 Å². The van der Waals surface area contributed by atoms with E-state index in [0.29, 0.717) is 19.3 Å². The fourth-order valence-corrected chi connectivity index (χ4v) is 5.15. The number of piperidine rings is 3. The van der Waals surface area contributed by atoms with Gasteiger partial charge in [0.15, 0.2) is 0 Å². The number of ether oxygens (including phenoxy) is 2. The van der Waals surface area contributed by atoms with Gasteiger partial charge >= 0.3 is 0 Å². The number of hydrogen-bond donors (Lipinski definition) is 0. The molecule has 0 N–H and O–H groups in total. The quantitative estimate of drug-likeness (QED) is 0.782. The lowest BCUT2D eigenvalue weighted by Crippen LogP contribution is -2.68. The fourth-order valence-electron chi connectivity index (χ4n) is 5.15. The largest absolute Gasteiger partial charge is 0.478 e. The van der Waals surface area contributed by atoms with Crippen molar-refractivity contribution in [3.63, 3.8) is 0 Å². The predicted octanol–water partition coefficient (Wildman–Crippen LogP) is 4.17. The zero-order valence-corrected chi connectivity index (χ0v) is 15.6. The Kier molecular flexibility index (Phi) is 4.33. The van der Waals surface area contributed by atoms with Crippen molar-refractivity contribution in [2.45, 2.75) is 63.8 Å². The molecule has 4 aliphatic rings. The maximum absolute atomic E-state index is 6.43. The molecule has 4 aliphatic heterocycles. The summed E-state index contributed by atoms with van der Waals surface area (Å²) in [4.78, 5) is 7.37. The summed E-state index contributed by atoms with van der Waals surface area (Å²) in [5.41, 5.74) is 2.19. The van der Waals surface area contributed by atoms with E-state index in [4.69, 9.17) is 9.47 Å². The SMILES string of the molecule is CCCOc1cc(COC2CC3CCC4CN3C4C2)c2ccccc2n1. The lowest BCUT2D eigenvalue weighted by atomic mass is 9.69. The molecule has 5 unspecified atom stereocenters. The Morgan fingerprint density at radius 3 is 2.96 bits per heavy atom. The van der Waals surface area contributed by atoms with Crippen LogP contribution in [0.3, 0.4) is 0 Å². The lowest BCUT2D eigenvalue weighted by molar-refractivity contribution is -0.147. The Morgan fingerprint density at radius 1 is 1.19 bits per heavy atom. The van der Waals surface area contributed by atoms with E-state index in [1.807, 2.05) is 6.07 Å². The molecule has 4 heteroatoms. The molecule has 1 aromatic heterocycles. The van der Waals surface area contributed by atoms with Crippen molar-refractivity contribution in [2.24, 2.45) is 5.92 Å². The topological polar surface area (TPSA) is 34.6 Å². The highest BCUT2D eigenvalue weighted by atomic mass is 16.5. The van der Waals surface area contributed by atoms with Crippen molar-refractivity contribution in [1.82, 2.24) is 9.88 Å².